The van der Waals surface area contributed by atoms with Crippen LogP contribution < -0.4 is 0 Å². The third-order valence-corrected chi connectivity index (χ3v) is 2.70. The number of aliphatic carboxylic acids is 1. The minimum atomic E-state index is -0.889. The van der Waals surface area contributed by atoms with Crippen LogP contribution in [0.3, 0.4) is 0 Å². The van der Waals surface area contributed by atoms with Gasteiger partial charge in [-0.1, -0.05) is 24.3 Å². The fraction of sp³-hybridized carbons (Fsp3) is 0.154. The van der Waals surface area contributed by atoms with E-state index in [1.807, 2.05) is 37.3 Å². The molecule has 0 bridgehead atoms. The lowest BCUT2D eigenvalue weighted by atomic mass is 10.2. The van der Waals surface area contributed by atoms with Crippen molar-refractivity contribution in [3.05, 3.63) is 48.7 Å². The summed E-state index contributed by atoms with van der Waals surface area (Å²) >= 11 is 0. The third kappa shape index (κ3) is 1.50. The minimum Gasteiger partial charge on any atom is -0.479 e. The van der Waals surface area contributed by atoms with Crippen LogP contribution >= 0.6 is 0 Å². The third-order valence-electron chi connectivity index (χ3n) is 2.70. The maximum Gasteiger partial charge on any atom is 0.330 e. The quantitative estimate of drug-likeness (QED) is 0.800. The summed E-state index contributed by atoms with van der Waals surface area (Å²) in [4.78, 5) is 11.1. The van der Waals surface area contributed by atoms with E-state index >= 15 is 0 Å². The van der Waals surface area contributed by atoms with E-state index in [1.54, 1.807) is 4.57 Å². The van der Waals surface area contributed by atoms with Gasteiger partial charge in [0.25, 0.3) is 0 Å². The summed E-state index contributed by atoms with van der Waals surface area (Å²) in [6.45, 7) is 5.49. The van der Waals surface area contributed by atoms with Gasteiger partial charge in [0.15, 0.2) is 0 Å². The van der Waals surface area contributed by atoms with E-state index in [4.69, 9.17) is 5.11 Å². The van der Waals surface area contributed by atoms with Crippen molar-refractivity contribution in [3.8, 4) is 0 Å². The number of carbonyl (C=O) groups is 1. The van der Waals surface area contributed by atoms with Crippen molar-refractivity contribution in [2.75, 3.05) is 0 Å². The summed E-state index contributed by atoms with van der Waals surface area (Å²) in [6, 6.07) is 9.01. The molecule has 1 heterocycles. The molecule has 1 aromatic heterocycles. The topological polar surface area (TPSA) is 42.2 Å². The Morgan fingerprint density at radius 1 is 1.50 bits per heavy atom. The molecule has 0 saturated carbocycles. The Balaban J connectivity index is 2.71. The summed E-state index contributed by atoms with van der Waals surface area (Å²) in [5, 5.41) is 10.2. The highest BCUT2D eigenvalue weighted by molar-refractivity contribution is 5.84. The fourth-order valence-corrected chi connectivity index (χ4v) is 2.00. The summed E-state index contributed by atoms with van der Waals surface area (Å²) < 4.78 is 1.78. The molecule has 0 saturated heterocycles. The number of rotatable bonds is 3. The first kappa shape index (κ1) is 10.5. The van der Waals surface area contributed by atoms with Crippen LogP contribution in [0.2, 0.25) is 0 Å². The number of carboxylic acid groups (broad SMARTS) is 1. The Morgan fingerprint density at radius 2 is 2.19 bits per heavy atom. The molecule has 0 radical (unpaired) electrons. The highest BCUT2D eigenvalue weighted by Gasteiger charge is 2.18. The predicted octanol–water partition coefficient (Wildman–Crippen LogP) is 2.76. The molecule has 3 nitrogen and oxygen atoms in total. The lowest BCUT2D eigenvalue weighted by Gasteiger charge is -2.13. The fourth-order valence-electron chi connectivity index (χ4n) is 2.00. The molecule has 0 aliphatic carbocycles. The van der Waals surface area contributed by atoms with Gasteiger partial charge in [0, 0.05) is 11.2 Å². The number of hydrogen-bond donors (Lipinski definition) is 1. The van der Waals surface area contributed by atoms with Gasteiger partial charge in [-0.25, -0.2) is 4.79 Å². The predicted molar refractivity (Wildman–Crippen MR) is 63.5 cm³/mol. The highest BCUT2D eigenvalue weighted by atomic mass is 16.4. The van der Waals surface area contributed by atoms with Gasteiger partial charge in [-0.3, -0.25) is 0 Å². The van der Waals surface area contributed by atoms with Crippen LogP contribution in [0.25, 0.3) is 10.9 Å². The van der Waals surface area contributed by atoms with Gasteiger partial charge in [-0.15, -0.1) is 6.58 Å². The second-order valence-corrected chi connectivity index (χ2v) is 3.73. The number of benzene rings is 1. The summed E-state index contributed by atoms with van der Waals surface area (Å²) in [7, 11) is 0. The zero-order valence-corrected chi connectivity index (χ0v) is 9.05. The van der Waals surface area contributed by atoms with Crippen molar-refractivity contribution >= 4 is 16.9 Å². The van der Waals surface area contributed by atoms with Crippen LogP contribution in [0.5, 0.6) is 0 Å². The largest absolute Gasteiger partial charge is 0.479 e. The first-order valence-corrected chi connectivity index (χ1v) is 5.07. The molecule has 0 aliphatic heterocycles. The number of aryl methyl sites for hydroxylation is 1. The molecule has 0 spiro atoms. The summed E-state index contributed by atoms with van der Waals surface area (Å²) in [5.41, 5.74) is 1.85. The van der Waals surface area contributed by atoms with Crippen molar-refractivity contribution in [1.29, 1.82) is 0 Å². The number of aromatic nitrogens is 1. The molecule has 82 valence electrons. The first-order chi connectivity index (χ1) is 7.65. The van der Waals surface area contributed by atoms with Gasteiger partial charge in [0.05, 0.1) is 0 Å². The van der Waals surface area contributed by atoms with E-state index in [9.17, 15) is 4.79 Å². The Labute approximate surface area is 93.6 Å². The van der Waals surface area contributed by atoms with Crippen molar-refractivity contribution in [3.63, 3.8) is 0 Å². The maximum atomic E-state index is 11.1. The normalized spacial score (nSPS) is 12.6. The van der Waals surface area contributed by atoms with Gasteiger partial charge in [-0.05, 0) is 24.4 Å². The molecule has 1 N–H and O–H groups in total. The van der Waals surface area contributed by atoms with Crippen LogP contribution in [0, 0.1) is 6.92 Å². The van der Waals surface area contributed by atoms with Crippen molar-refractivity contribution in [1.82, 2.24) is 4.57 Å². The zero-order valence-electron chi connectivity index (χ0n) is 9.05. The van der Waals surface area contributed by atoms with Gasteiger partial charge in [0.2, 0.25) is 0 Å². The van der Waals surface area contributed by atoms with Gasteiger partial charge >= 0.3 is 5.97 Å². The Hall–Kier alpha value is -2.03. The van der Waals surface area contributed by atoms with Crippen molar-refractivity contribution in [2.24, 2.45) is 0 Å². The van der Waals surface area contributed by atoms with Crippen LogP contribution in [-0.2, 0) is 4.79 Å². The van der Waals surface area contributed by atoms with Gasteiger partial charge in [0.1, 0.15) is 6.04 Å². The van der Waals surface area contributed by atoms with E-state index in [1.165, 1.54) is 6.08 Å². The molecule has 0 aliphatic rings. The summed E-state index contributed by atoms with van der Waals surface area (Å²) in [6.07, 6.45) is 1.45. The van der Waals surface area contributed by atoms with Crippen molar-refractivity contribution in [2.45, 2.75) is 13.0 Å². The van der Waals surface area contributed by atoms with Gasteiger partial charge in [-0.2, -0.15) is 0 Å². The second kappa shape index (κ2) is 3.85. The number of nitrogens with zero attached hydrogens (tertiary/aromatic N) is 1. The number of hydrogen-bond acceptors (Lipinski definition) is 1. The maximum absolute atomic E-state index is 11.1. The lowest BCUT2D eigenvalue weighted by molar-refractivity contribution is -0.139. The molecule has 2 rings (SSSR count). The standard InChI is InChI=1S/C13H13NO2/c1-3-11(13(15)16)14-9(2)8-10-6-4-5-7-12(10)14/h3-8,11H,1H2,2H3,(H,15,16). The molecule has 3 heteroatoms. The number of fused-ring (bicyclic) bond motifs is 1. The molecular formula is C13H13NO2. The smallest absolute Gasteiger partial charge is 0.330 e. The summed E-state index contributed by atoms with van der Waals surface area (Å²) in [5.74, 6) is -0.889. The first-order valence-electron chi connectivity index (χ1n) is 5.07. The Bertz CT molecular complexity index is 554. The monoisotopic (exact) mass is 215 g/mol. The molecule has 0 amide bonds. The molecule has 16 heavy (non-hydrogen) atoms. The number of para-hydroxylation sites is 1. The lowest BCUT2D eigenvalue weighted by Crippen LogP contribution is -2.17. The second-order valence-electron chi connectivity index (χ2n) is 3.73. The van der Waals surface area contributed by atoms with E-state index in [2.05, 4.69) is 6.58 Å². The molecular weight excluding hydrogens is 202 g/mol. The number of carboxylic acids is 1. The zero-order chi connectivity index (χ0) is 11.7. The van der Waals surface area contributed by atoms with E-state index in [-0.39, 0.29) is 0 Å². The average molecular weight is 215 g/mol. The van der Waals surface area contributed by atoms with Crippen LogP contribution in [0.15, 0.2) is 43.0 Å². The highest BCUT2D eigenvalue weighted by Crippen LogP contribution is 2.24. The SMILES string of the molecule is C=CC(C(=O)O)n1c(C)cc2ccccc21. The van der Waals surface area contributed by atoms with E-state index < -0.39 is 12.0 Å². The van der Waals surface area contributed by atoms with E-state index in [0.29, 0.717) is 0 Å². The van der Waals surface area contributed by atoms with Crippen LogP contribution in [-0.4, -0.2) is 15.6 Å². The molecule has 1 unspecified atom stereocenters. The van der Waals surface area contributed by atoms with Crippen LogP contribution in [0.1, 0.15) is 11.7 Å². The Kier molecular flexibility index (Phi) is 2.52. The minimum absolute atomic E-state index is 0.708. The van der Waals surface area contributed by atoms with Crippen molar-refractivity contribution < 1.29 is 9.90 Å². The van der Waals surface area contributed by atoms with E-state index in [0.717, 1.165) is 16.6 Å². The molecule has 1 atom stereocenters. The van der Waals surface area contributed by atoms with Gasteiger partial charge < -0.3 is 9.67 Å². The van der Waals surface area contributed by atoms with Crippen LogP contribution in [0.4, 0.5) is 0 Å². The Morgan fingerprint density at radius 3 is 2.81 bits per heavy atom. The molecule has 1 aromatic carbocycles. The average Bonchev–Trinajstić information content (AvgIpc) is 2.57. The molecule has 2 aromatic rings. The molecule has 0 fully saturated rings.